The zero-order valence-corrected chi connectivity index (χ0v) is 13.3. The summed E-state index contributed by atoms with van der Waals surface area (Å²) < 4.78 is 40.0. The van der Waals surface area contributed by atoms with E-state index >= 15 is 0 Å². The monoisotopic (exact) mass is 369 g/mol. The summed E-state index contributed by atoms with van der Waals surface area (Å²) in [5, 5.41) is 4.12. The highest BCUT2D eigenvalue weighted by atomic mass is 35.5. The Morgan fingerprint density at radius 2 is 1.84 bits per heavy atom. The van der Waals surface area contributed by atoms with Crippen molar-refractivity contribution in [1.82, 2.24) is 4.98 Å². The van der Waals surface area contributed by atoms with Crippen molar-refractivity contribution < 1.29 is 22.8 Å². The third-order valence-electron chi connectivity index (χ3n) is 3.59. The second kappa shape index (κ2) is 6.72. The molecule has 9 heteroatoms. The van der Waals surface area contributed by atoms with Crippen LogP contribution in [0.15, 0.2) is 30.5 Å². The van der Waals surface area contributed by atoms with Crippen molar-refractivity contribution in [2.45, 2.75) is 12.6 Å². The molecule has 1 aliphatic rings. The Balaban J connectivity index is 1.75. The lowest BCUT2D eigenvalue weighted by molar-refractivity contribution is -0.117. The summed E-state index contributed by atoms with van der Waals surface area (Å²) in [6.45, 7) is 0. The third-order valence-corrected chi connectivity index (χ3v) is 3.96. The molecule has 2 N–H and O–H groups in total. The minimum Gasteiger partial charge on any atom is -0.322 e. The molecule has 1 aromatic carbocycles. The van der Waals surface area contributed by atoms with Gasteiger partial charge in [-0.25, -0.2) is 18.2 Å². The van der Waals surface area contributed by atoms with E-state index in [0.29, 0.717) is 0 Å². The van der Waals surface area contributed by atoms with Gasteiger partial charge in [0.05, 0.1) is 16.5 Å². The van der Waals surface area contributed by atoms with Crippen LogP contribution in [0, 0.1) is 17.6 Å². The fraction of sp³-hybridized carbons (Fsp3) is 0.188. The number of benzene rings is 1. The van der Waals surface area contributed by atoms with Crippen molar-refractivity contribution in [3.8, 4) is 0 Å². The number of nitrogens with zero attached hydrogens (tertiary/aromatic N) is 1. The van der Waals surface area contributed by atoms with Gasteiger partial charge in [-0.05, 0) is 24.6 Å². The van der Waals surface area contributed by atoms with E-state index < -0.39 is 46.1 Å². The number of carbonyl (C=O) groups excluding carboxylic acids is 2. The summed E-state index contributed by atoms with van der Waals surface area (Å²) >= 11 is 5.63. The van der Waals surface area contributed by atoms with Gasteiger partial charge in [0.25, 0.3) is 5.91 Å². The Labute approximate surface area is 145 Å². The van der Waals surface area contributed by atoms with Crippen LogP contribution >= 0.6 is 11.6 Å². The van der Waals surface area contributed by atoms with Crippen LogP contribution in [0.2, 0.25) is 5.02 Å². The number of carbonyl (C=O) groups is 2. The van der Waals surface area contributed by atoms with Gasteiger partial charge in [-0.2, -0.15) is 0 Å². The van der Waals surface area contributed by atoms with Gasteiger partial charge in [-0.1, -0.05) is 11.6 Å². The first-order chi connectivity index (χ1) is 11.9. The first-order valence-corrected chi connectivity index (χ1v) is 7.60. The zero-order chi connectivity index (χ0) is 18.1. The van der Waals surface area contributed by atoms with Crippen LogP contribution in [0.5, 0.6) is 0 Å². The summed E-state index contributed by atoms with van der Waals surface area (Å²) in [5.74, 6) is -3.98. The topological polar surface area (TPSA) is 71.1 Å². The predicted molar refractivity (Wildman–Crippen MR) is 85.2 cm³/mol. The number of nitrogens with one attached hydrogen (secondary N) is 2. The van der Waals surface area contributed by atoms with Crippen molar-refractivity contribution in [1.29, 1.82) is 0 Å². The van der Waals surface area contributed by atoms with E-state index in [1.54, 1.807) is 0 Å². The molecule has 0 spiro atoms. The van der Waals surface area contributed by atoms with Crippen molar-refractivity contribution in [2.24, 2.45) is 5.92 Å². The molecule has 3 rings (SSSR count). The number of halogens is 4. The Hall–Kier alpha value is -2.61. The highest BCUT2D eigenvalue weighted by Crippen LogP contribution is 2.34. The number of amides is 2. The van der Waals surface area contributed by atoms with Crippen LogP contribution in [0.25, 0.3) is 0 Å². The van der Waals surface area contributed by atoms with Crippen molar-refractivity contribution in [2.75, 3.05) is 10.6 Å². The summed E-state index contributed by atoms with van der Waals surface area (Å²) in [7, 11) is 0. The SMILES string of the molecule is O=C(Nc1ccnc(NC(=O)[C@H]2C[C@H]2F)c1)c1c(F)ccc(F)c1Cl. The number of alkyl halides is 1. The van der Waals surface area contributed by atoms with Crippen LogP contribution in [0.3, 0.4) is 0 Å². The molecule has 0 aliphatic heterocycles. The molecule has 2 aromatic rings. The molecule has 1 aromatic heterocycles. The summed E-state index contributed by atoms with van der Waals surface area (Å²) in [6.07, 6.45) is 0.301. The first kappa shape index (κ1) is 17.2. The number of rotatable bonds is 4. The van der Waals surface area contributed by atoms with E-state index in [1.807, 2.05) is 0 Å². The zero-order valence-electron chi connectivity index (χ0n) is 12.5. The Morgan fingerprint density at radius 3 is 2.52 bits per heavy atom. The fourth-order valence-corrected chi connectivity index (χ4v) is 2.40. The number of pyridine rings is 1. The smallest absolute Gasteiger partial charge is 0.260 e. The molecule has 5 nitrogen and oxygen atoms in total. The number of aromatic nitrogens is 1. The maximum atomic E-state index is 13.8. The average Bonchev–Trinajstić information content (AvgIpc) is 3.29. The maximum absolute atomic E-state index is 13.8. The van der Waals surface area contributed by atoms with Gasteiger partial charge in [-0.3, -0.25) is 9.59 Å². The Kier molecular flexibility index (Phi) is 4.63. The largest absolute Gasteiger partial charge is 0.322 e. The first-order valence-electron chi connectivity index (χ1n) is 7.22. The Bertz CT molecular complexity index is 863. The molecule has 130 valence electrons. The van der Waals surface area contributed by atoms with E-state index in [1.165, 1.54) is 18.3 Å². The molecular formula is C16H11ClF3N3O2. The van der Waals surface area contributed by atoms with Crippen molar-refractivity contribution >= 4 is 34.9 Å². The lowest BCUT2D eigenvalue weighted by atomic mass is 10.2. The maximum Gasteiger partial charge on any atom is 0.260 e. The molecule has 0 saturated heterocycles. The second-order valence-corrected chi connectivity index (χ2v) is 5.83. The molecule has 2 amide bonds. The predicted octanol–water partition coefficient (Wildman–Crippen LogP) is 3.56. The number of hydrogen-bond acceptors (Lipinski definition) is 3. The normalized spacial score (nSPS) is 18.6. The second-order valence-electron chi connectivity index (χ2n) is 5.45. The molecular weight excluding hydrogens is 359 g/mol. The van der Waals surface area contributed by atoms with Crippen LogP contribution < -0.4 is 10.6 Å². The lowest BCUT2D eigenvalue weighted by Gasteiger charge is -2.10. The van der Waals surface area contributed by atoms with E-state index in [9.17, 15) is 22.8 Å². The minimum absolute atomic E-state index is 0.0905. The summed E-state index contributed by atoms with van der Waals surface area (Å²) in [6, 6.07) is 4.28. The van der Waals surface area contributed by atoms with Gasteiger partial charge in [-0.15, -0.1) is 0 Å². The molecule has 25 heavy (non-hydrogen) atoms. The van der Waals surface area contributed by atoms with Crippen molar-refractivity contribution in [3.63, 3.8) is 0 Å². The summed E-state index contributed by atoms with van der Waals surface area (Å²) in [4.78, 5) is 27.7. The van der Waals surface area contributed by atoms with E-state index in [2.05, 4.69) is 15.6 Å². The van der Waals surface area contributed by atoms with Gasteiger partial charge in [0, 0.05) is 18.0 Å². The molecule has 1 saturated carbocycles. The highest BCUT2D eigenvalue weighted by Gasteiger charge is 2.43. The van der Waals surface area contributed by atoms with Crippen LogP contribution in [0.1, 0.15) is 16.8 Å². The van der Waals surface area contributed by atoms with E-state index in [4.69, 9.17) is 11.6 Å². The van der Waals surface area contributed by atoms with E-state index in [0.717, 1.165) is 12.1 Å². The average molecular weight is 370 g/mol. The van der Waals surface area contributed by atoms with Gasteiger partial charge in [0.1, 0.15) is 23.6 Å². The van der Waals surface area contributed by atoms with Crippen molar-refractivity contribution in [3.05, 3.63) is 52.7 Å². The van der Waals surface area contributed by atoms with Gasteiger partial charge in [0.15, 0.2) is 0 Å². The van der Waals surface area contributed by atoms with Crippen LogP contribution in [0.4, 0.5) is 24.7 Å². The molecule has 1 heterocycles. The number of anilines is 2. The van der Waals surface area contributed by atoms with Crippen LogP contribution in [-0.2, 0) is 4.79 Å². The third kappa shape index (κ3) is 3.74. The highest BCUT2D eigenvalue weighted by molar-refractivity contribution is 6.34. The quantitative estimate of drug-likeness (QED) is 0.809. The molecule has 0 bridgehead atoms. The number of hydrogen-bond donors (Lipinski definition) is 2. The summed E-state index contributed by atoms with van der Waals surface area (Å²) in [5.41, 5.74) is -0.468. The molecule has 2 atom stereocenters. The fourth-order valence-electron chi connectivity index (χ4n) is 2.16. The van der Waals surface area contributed by atoms with Gasteiger partial charge < -0.3 is 10.6 Å². The van der Waals surface area contributed by atoms with Gasteiger partial charge in [0.2, 0.25) is 5.91 Å². The molecule has 1 aliphatic carbocycles. The van der Waals surface area contributed by atoms with Gasteiger partial charge >= 0.3 is 0 Å². The van der Waals surface area contributed by atoms with Crippen LogP contribution in [-0.4, -0.2) is 23.0 Å². The standard InChI is InChI=1S/C16H11ClF3N3O2/c17-14-10(19)2-1-9(18)13(14)16(25)22-7-3-4-21-12(5-7)23-15(24)8-6-11(8)20/h1-5,8,11H,6H2,(H2,21,22,23,24,25)/t8-,11+/m0/s1. The lowest BCUT2D eigenvalue weighted by Crippen LogP contribution is -2.17. The van der Waals surface area contributed by atoms with E-state index in [-0.39, 0.29) is 17.9 Å². The Morgan fingerprint density at radius 1 is 1.16 bits per heavy atom. The molecule has 1 fully saturated rings. The minimum atomic E-state index is -1.15. The molecule has 0 radical (unpaired) electrons. The molecule has 0 unspecified atom stereocenters.